The van der Waals surface area contributed by atoms with Crippen LogP contribution in [0.5, 0.6) is 0 Å². The summed E-state index contributed by atoms with van der Waals surface area (Å²) in [6.45, 7) is 14.6. The molecule has 3 aliphatic rings. The van der Waals surface area contributed by atoms with Gasteiger partial charge in [-0.25, -0.2) is 0 Å². The lowest BCUT2D eigenvalue weighted by Gasteiger charge is -2.31. The van der Waals surface area contributed by atoms with Crippen LogP contribution < -0.4 is 0 Å². The van der Waals surface area contributed by atoms with Crippen LogP contribution in [0.3, 0.4) is 0 Å². The van der Waals surface area contributed by atoms with Gasteiger partial charge in [-0.05, 0) is 138 Å². The van der Waals surface area contributed by atoms with Crippen LogP contribution in [0.4, 0.5) is 0 Å². The monoisotopic (exact) mass is 981 g/mol. The normalized spacial score (nSPS) is 15.5. The van der Waals surface area contributed by atoms with Gasteiger partial charge in [0.25, 0.3) is 0 Å². The van der Waals surface area contributed by atoms with Gasteiger partial charge in [-0.15, -0.1) is 0 Å². The number of hydrogen-bond acceptors (Lipinski definition) is 3. The second-order valence-corrected chi connectivity index (χ2v) is 23.7. The predicted octanol–water partition coefficient (Wildman–Crippen LogP) is 18.7. The van der Waals surface area contributed by atoms with E-state index in [1.807, 2.05) is 6.20 Å². The SMILES string of the molecule is CC1(C)c2cc(CC(Cc3ccc4c(c3)C(C)(C)c3c5c(c6c(oc7ccccc76)c3-4)-c3ccccc3C5(C)C)c3cccnc3)ccc2-c2c1cc(CC(c1ccccc1)c1ccccc1)c1oc3ccccc3c21. The van der Waals surface area contributed by atoms with Crippen LogP contribution in [0.15, 0.2) is 209 Å². The van der Waals surface area contributed by atoms with Crippen molar-refractivity contribution in [2.45, 2.75) is 88.9 Å². The first-order valence-electron chi connectivity index (χ1n) is 27.3. The van der Waals surface area contributed by atoms with Gasteiger partial charge in [-0.2, -0.15) is 0 Å². The first-order chi connectivity index (χ1) is 37.0. The van der Waals surface area contributed by atoms with Crippen LogP contribution >= 0.6 is 0 Å². The molecular formula is C73H59NO2. The summed E-state index contributed by atoms with van der Waals surface area (Å²) in [5.41, 5.74) is 27.2. The van der Waals surface area contributed by atoms with E-state index in [0.29, 0.717) is 0 Å². The van der Waals surface area contributed by atoms with Crippen molar-refractivity contribution in [3.63, 3.8) is 0 Å². The van der Waals surface area contributed by atoms with E-state index in [9.17, 15) is 0 Å². The third kappa shape index (κ3) is 6.44. The van der Waals surface area contributed by atoms with Gasteiger partial charge in [0.05, 0.1) is 0 Å². The fraction of sp³-hybridized carbons (Fsp3) is 0.192. The molecule has 0 radical (unpaired) electrons. The number of fused-ring (bicyclic) bond motifs is 19. The Morgan fingerprint density at radius 2 is 0.921 bits per heavy atom. The summed E-state index contributed by atoms with van der Waals surface area (Å²) in [7, 11) is 0. The third-order valence-electron chi connectivity index (χ3n) is 18.3. The van der Waals surface area contributed by atoms with Crippen LogP contribution in [0.25, 0.3) is 77.3 Å². The minimum absolute atomic E-state index is 0.171. The molecular weight excluding hydrogens is 923 g/mol. The third-order valence-corrected chi connectivity index (χ3v) is 18.3. The van der Waals surface area contributed by atoms with Crippen molar-refractivity contribution in [2.75, 3.05) is 0 Å². The van der Waals surface area contributed by atoms with Crippen LogP contribution in [-0.4, -0.2) is 4.98 Å². The van der Waals surface area contributed by atoms with Gasteiger partial charge in [-0.1, -0.05) is 211 Å². The molecule has 0 fully saturated rings. The van der Waals surface area contributed by atoms with Gasteiger partial charge in [-0.3, -0.25) is 4.98 Å². The minimum atomic E-state index is -0.267. The predicted molar refractivity (Wildman–Crippen MR) is 313 cm³/mol. The number of hydrogen-bond donors (Lipinski definition) is 0. The maximum atomic E-state index is 7.02. The smallest absolute Gasteiger partial charge is 0.144 e. The molecule has 1 unspecified atom stereocenters. The number of benzene rings is 9. The Balaban J connectivity index is 0.821. The molecule has 3 heteroatoms. The Morgan fingerprint density at radius 1 is 0.408 bits per heavy atom. The molecule has 0 amide bonds. The average molecular weight is 982 g/mol. The van der Waals surface area contributed by atoms with Crippen molar-refractivity contribution >= 4 is 43.9 Å². The Kier molecular flexibility index (Phi) is 9.72. The number of furan rings is 2. The van der Waals surface area contributed by atoms with E-state index in [-0.39, 0.29) is 28.1 Å². The van der Waals surface area contributed by atoms with E-state index >= 15 is 0 Å². The molecule has 0 bridgehead atoms. The second-order valence-electron chi connectivity index (χ2n) is 23.7. The van der Waals surface area contributed by atoms with Crippen molar-refractivity contribution in [1.29, 1.82) is 0 Å². The molecule has 0 saturated carbocycles. The molecule has 1 atom stereocenters. The molecule has 3 aliphatic carbocycles. The Labute approximate surface area is 444 Å². The summed E-state index contributed by atoms with van der Waals surface area (Å²) in [6, 6.07) is 69.9. The van der Waals surface area contributed by atoms with E-state index in [1.165, 1.54) is 122 Å². The summed E-state index contributed by atoms with van der Waals surface area (Å²) in [6.07, 6.45) is 6.59. The highest BCUT2D eigenvalue weighted by molar-refractivity contribution is 6.21. The molecule has 76 heavy (non-hydrogen) atoms. The highest BCUT2D eigenvalue weighted by Gasteiger charge is 2.49. The Morgan fingerprint density at radius 3 is 1.57 bits per heavy atom. The van der Waals surface area contributed by atoms with Crippen molar-refractivity contribution in [3.8, 4) is 33.4 Å². The fourth-order valence-electron chi connectivity index (χ4n) is 14.7. The molecule has 0 N–H and O–H groups in total. The van der Waals surface area contributed by atoms with Crippen molar-refractivity contribution in [1.82, 2.24) is 4.98 Å². The Bertz CT molecular complexity index is 4300. The molecule has 0 saturated heterocycles. The van der Waals surface area contributed by atoms with E-state index in [4.69, 9.17) is 13.8 Å². The quantitative estimate of drug-likeness (QED) is 0.145. The number of aromatic nitrogens is 1. The lowest BCUT2D eigenvalue weighted by Crippen LogP contribution is -2.24. The van der Waals surface area contributed by atoms with Gasteiger partial charge in [0, 0.05) is 61.7 Å². The molecule has 12 aromatic rings. The molecule has 368 valence electrons. The average Bonchev–Trinajstić information content (AvgIpc) is 4.24. The number of rotatable bonds is 9. The molecule has 0 aliphatic heterocycles. The number of pyridine rings is 1. The van der Waals surface area contributed by atoms with Crippen LogP contribution in [0.2, 0.25) is 0 Å². The summed E-state index contributed by atoms with van der Waals surface area (Å²) in [5, 5.41) is 4.84. The maximum absolute atomic E-state index is 7.02. The minimum Gasteiger partial charge on any atom is -0.456 e. The number of para-hydroxylation sites is 2. The van der Waals surface area contributed by atoms with Crippen LogP contribution in [0.1, 0.15) is 120 Å². The summed E-state index contributed by atoms with van der Waals surface area (Å²) in [4.78, 5) is 4.71. The van der Waals surface area contributed by atoms with Gasteiger partial charge in [0.15, 0.2) is 0 Å². The van der Waals surface area contributed by atoms with E-state index in [0.717, 1.165) is 41.6 Å². The standard InChI is InChI=1S/C73H59NO2/c1-71(2)57-38-43(31-33-51(57)62-59(71)41-49(69-64(62)53-26-14-17-29-60(53)75-69)40-55(45-20-9-7-10-21-45)46-22-11-8-12-23-46)36-48(47-24-19-35-74-42-47)37-44-32-34-52-58(39-44)73(5,6)68-66(52)70-65(54-27-15-18-30-61(54)76-70)63-50-25-13-16-28-56(50)72(3,4)67(63)68/h7-35,38-39,41-42,48,55H,36-37,40H2,1-6H3. The molecule has 0 spiro atoms. The second kappa shape index (κ2) is 16.4. The number of nitrogens with zero attached hydrogens (tertiary/aromatic N) is 1. The molecule has 3 aromatic heterocycles. The van der Waals surface area contributed by atoms with Crippen molar-refractivity contribution in [2.24, 2.45) is 0 Å². The van der Waals surface area contributed by atoms with Gasteiger partial charge < -0.3 is 8.83 Å². The van der Waals surface area contributed by atoms with Crippen molar-refractivity contribution < 1.29 is 8.83 Å². The van der Waals surface area contributed by atoms with Crippen LogP contribution in [0, 0.1) is 0 Å². The first-order valence-corrected chi connectivity index (χ1v) is 27.3. The van der Waals surface area contributed by atoms with E-state index in [2.05, 4.69) is 236 Å². The summed E-state index contributed by atoms with van der Waals surface area (Å²) in [5.74, 6) is 0.373. The zero-order valence-corrected chi connectivity index (χ0v) is 44.1. The van der Waals surface area contributed by atoms with Crippen LogP contribution in [-0.2, 0) is 35.5 Å². The molecule has 3 heterocycles. The Hall–Kier alpha value is -8.27. The lowest BCUT2D eigenvalue weighted by molar-refractivity contribution is 0.599. The zero-order valence-electron chi connectivity index (χ0n) is 44.1. The summed E-state index contributed by atoms with van der Waals surface area (Å²) >= 11 is 0. The maximum Gasteiger partial charge on any atom is 0.144 e. The van der Waals surface area contributed by atoms with E-state index in [1.54, 1.807) is 0 Å². The largest absolute Gasteiger partial charge is 0.456 e. The first kappa shape index (κ1) is 45.2. The van der Waals surface area contributed by atoms with Gasteiger partial charge >= 0.3 is 0 Å². The van der Waals surface area contributed by atoms with Gasteiger partial charge in [0.2, 0.25) is 0 Å². The topological polar surface area (TPSA) is 39.2 Å². The summed E-state index contributed by atoms with van der Waals surface area (Å²) < 4.78 is 14.0. The highest BCUT2D eigenvalue weighted by Crippen LogP contribution is 2.63. The zero-order chi connectivity index (χ0) is 51.2. The van der Waals surface area contributed by atoms with Crippen molar-refractivity contribution in [3.05, 3.63) is 267 Å². The van der Waals surface area contributed by atoms with E-state index < -0.39 is 0 Å². The fourth-order valence-corrected chi connectivity index (χ4v) is 14.7. The highest BCUT2D eigenvalue weighted by atomic mass is 16.3. The lowest BCUT2D eigenvalue weighted by atomic mass is 9.72. The molecule has 9 aromatic carbocycles. The molecule has 15 rings (SSSR count). The molecule has 3 nitrogen and oxygen atoms in total. The van der Waals surface area contributed by atoms with Gasteiger partial charge in [0.1, 0.15) is 22.3 Å².